The Morgan fingerprint density at radius 1 is 1.18 bits per heavy atom. The summed E-state index contributed by atoms with van der Waals surface area (Å²) in [6.45, 7) is 4.43. The van der Waals surface area contributed by atoms with Gasteiger partial charge in [0.15, 0.2) is 0 Å². The molecule has 5 nitrogen and oxygen atoms in total. The van der Waals surface area contributed by atoms with Gasteiger partial charge in [-0.3, -0.25) is 9.59 Å². The number of halogens is 1. The molecular formula is C16H26ClN3O2. The van der Waals surface area contributed by atoms with Crippen LogP contribution in [0.1, 0.15) is 47.4 Å². The molecule has 0 aliphatic rings. The minimum atomic E-state index is -0.382. The Kier molecular flexibility index (Phi) is 8.12. The van der Waals surface area contributed by atoms with Crippen molar-refractivity contribution in [3.8, 4) is 0 Å². The highest BCUT2D eigenvalue weighted by Gasteiger charge is 2.21. The molecule has 3 N–H and O–H groups in total. The van der Waals surface area contributed by atoms with Crippen LogP contribution in [0.5, 0.6) is 0 Å². The van der Waals surface area contributed by atoms with Crippen molar-refractivity contribution >= 4 is 24.2 Å². The number of rotatable bonds is 6. The maximum Gasteiger partial charge on any atom is 0.253 e. The SMILES string of the molecule is CCC(N)(CC)CNC(=O)c1cccc(C(=O)N(C)C)c1.Cl. The minimum Gasteiger partial charge on any atom is -0.350 e. The Morgan fingerprint density at radius 2 is 1.73 bits per heavy atom. The van der Waals surface area contributed by atoms with Gasteiger partial charge in [-0.2, -0.15) is 0 Å². The number of hydrogen-bond acceptors (Lipinski definition) is 3. The average Bonchev–Trinajstić information content (AvgIpc) is 2.51. The lowest BCUT2D eigenvalue weighted by atomic mass is 9.94. The summed E-state index contributed by atoms with van der Waals surface area (Å²) in [7, 11) is 3.36. The van der Waals surface area contributed by atoms with E-state index in [4.69, 9.17) is 5.73 Å². The van der Waals surface area contributed by atoms with Gasteiger partial charge in [0.05, 0.1) is 0 Å². The third kappa shape index (κ3) is 5.31. The molecule has 0 unspecified atom stereocenters. The predicted octanol–water partition coefficient (Wildman–Crippen LogP) is 2.06. The summed E-state index contributed by atoms with van der Waals surface area (Å²) in [6, 6.07) is 6.71. The fourth-order valence-corrected chi connectivity index (χ4v) is 1.91. The van der Waals surface area contributed by atoms with Crippen molar-refractivity contribution in [2.24, 2.45) is 5.73 Å². The largest absolute Gasteiger partial charge is 0.350 e. The number of carbonyl (C=O) groups is 2. The van der Waals surface area contributed by atoms with E-state index in [0.717, 1.165) is 12.8 Å². The Bertz CT molecular complexity index is 514. The highest BCUT2D eigenvalue weighted by atomic mass is 35.5. The van der Waals surface area contributed by atoms with Gasteiger partial charge in [-0.05, 0) is 31.0 Å². The molecule has 1 aromatic rings. The molecule has 0 bridgehead atoms. The zero-order valence-corrected chi connectivity index (χ0v) is 14.5. The van der Waals surface area contributed by atoms with Crippen LogP contribution >= 0.6 is 12.4 Å². The van der Waals surface area contributed by atoms with E-state index in [1.807, 2.05) is 13.8 Å². The van der Waals surface area contributed by atoms with Crippen LogP contribution < -0.4 is 11.1 Å². The van der Waals surface area contributed by atoms with Crippen LogP contribution in [-0.2, 0) is 0 Å². The lowest BCUT2D eigenvalue weighted by Crippen LogP contribution is -2.49. The zero-order valence-electron chi connectivity index (χ0n) is 13.7. The maximum absolute atomic E-state index is 12.2. The van der Waals surface area contributed by atoms with E-state index in [0.29, 0.717) is 17.7 Å². The van der Waals surface area contributed by atoms with E-state index in [9.17, 15) is 9.59 Å². The number of hydrogen-bond donors (Lipinski definition) is 2. The first-order valence-corrected chi connectivity index (χ1v) is 7.21. The third-order valence-electron chi connectivity index (χ3n) is 3.79. The molecule has 0 aliphatic carbocycles. The quantitative estimate of drug-likeness (QED) is 0.839. The summed E-state index contributed by atoms with van der Waals surface area (Å²) < 4.78 is 0. The molecule has 1 rings (SSSR count). The number of nitrogens with two attached hydrogens (primary N) is 1. The molecule has 22 heavy (non-hydrogen) atoms. The van der Waals surface area contributed by atoms with Gasteiger partial charge >= 0.3 is 0 Å². The van der Waals surface area contributed by atoms with E-state index in [-0.39, 0.29) is 29.8 Å². The molecular weight excluding hydrogens is 302 g/mol. The second-order valence-electron chi connectivity index (χ2n) is 5.53. The second kappa shape index (κ2) is 8.76. The van der Waals surface area contributed by atoms with Gasteiger partial charge in [0.2, 0.25) is 0 Å². The highest BCUT2D eigenvalue weighted by Crippen LogP contribution is 2.11. The summed E-state index contributed by atoms with van der Waals surface area (Å²) in [4.78, 5) is 25.6. The Balaban J connectivity index is 0.00000441. The Hall–Kier alpha value is -1.59. The van der Waals surface area contributed by atoms with Gasteiger partial charge in [0.25, 0.3) is 11.8 Å². The van der Waals surface area contributed by atoms with E-state index in [2.05, 4.69) is 5.32 Å². The van der Waals surface area contributed by atoms with E-state index < -0.39 is 0 Å². The van der Waals surface area contributed by atoms with Gasteiger partial charge in [-0.25, -0.2) is 0 Å². The summed E-state index contributed by atoms with van der Waals surface area (Å²) in [5.41, 5.74) is 6.75. The van der Waals surface area contributed by atoms with Crippen molar-refractivity contribution in [1.29, 1.82) is 0 Å². The monoisotopic (exact) mass is 327 g/mol. The van der Waals surface area contributed by atoms with E-state index in [1.54, 1.807) is 38.4 Å². The zero-order chi connectivity index (χ0) is 16.0. The summed E-state index contributed by atoms with van der Waals surface area (Å²) in [5.74, 6) is -0.333. The fourth-order valence-electron chi connectivity index (χ4n) is 1.91. The Labute approximate surface area is 138 Å². The molecule has 6 heteroatoms. The van der Waals surface area contributed by atoms with Gasteiger partial charge in [-0.1, -0.05) is 19.9 Å². The second-order valence-corrected chi connectivity index (χ2v) is 5.53. The van der Waals surface area contributed by atoms with Crippen LogP contribution in [-0.4, -0.2) is 42.9 Å². The van der Waals surface area contributed by atoms with Crippen LogP contribution in [0.4, 0.5) is 0 Å². The highest BCUT2D eigenvalue weighted by molar-refractivity contribution is 5.99. The number of nitrogens with zero attached hydrogens (tertiary/aromatic N) is 1. The third-order valence-corrected chi connectivity index (χ3v) is 3.79. The van der Waals surface area contributed by atoms with Crippen molar-refractivity contribution in [3.05, 3.63) is 35.4 Å². The van der Waals surface area contributed by atoms with Crippen molar-refractivity contribution < 1.29 is 9.59 Å². The number of nitrogens with one attached hydrogen (secondary N) is 1. The summed E-state index contributed by atoms with van der Waals surface area (Å²) in [6.07, 6.45) is 1.59. The lowest BCUT2D eigenvalue weighted by molar-refractivity contribution is 0.0827. The molecule has 0 heterocycles. The average molecular weight is 328 g/mol. The molecule has 0 atom stereocenters. The fraction of sp³-hybridized carbons (Fsp3) is 0.500. The first-order chi connectivity index (χ1) is 9.83. The van der Waals surface area contributed by atoms with Crippen LogP contribution in [0.25, 0.3) is 0 Å². The molecule has 2 amide bonds. The van der Waals surface area contributed by atoms with Crippen molar-refractivity contribution in [1.82, 2.24) is 10.2 Å². The predicted molar refractivity (Wildman–Crippen MR) is 91.5 cm³/mol. The summed E-state index contributed by atoms with van der Waals surface area (Å²) >= 11 is 0. The standard InChI is InChI=1S/C16H25N3O2.ClH/c1-5-16(17,6-2)11-18-14(20)12-8-7-9-13(10-12)15(21)19(3)4;/h7-10H,5-6,11,17H2,1-4H3,(H,18,20);1H. The van der Waals surface area contributed by atoms with Crippen LogP contribution in [0.15, 0.2) is 24.3 Å². The normalized spacial score (nSPS) is 10.6. The molecule has 0 aromatic heterocycles. The van der Waals surface area contributed by atoms with Crippen LogP contribution in [0, 0.1) is 0 Å². The smallest absolute Gasteiger partial charge is 0.253 e. The van der Waals surface area contributed by atoms with Gasteiger partial charge < -0.3 is 16.0 Å². The van der Waals surface area contributed by atoms with Crippen LogP contribution in [0.2, 0.25) is 0 Å². The molecule has 0 saturated carbocycles. The van der Waals surface area contributed by atoms with Gasteiger partial charge in [0.1, 0.15) is 0 Å². The molecule has 0 aliphatic heterocycles. The number of benzene rings is 1. The summed E-state index contributed by atoms with van der Waals surface area (Å²) in [5, 5.41) is 2.85. The number of amides is 2. The first kappa shape index (κ1) is 20.4. The van der Waals surface area contributed by atoms with Crippen molar-refractivity contribution in [2.45, 2.75) is 32.2 Å². The molecule has 1 aromatic carbocycles. The lowest BCUT2D eigenvalue weighted by Gasteiger charge is -2.26. The van der Waals surface area contributed by atoms with Crippen LogP contribution in [0.3, 0.4) is 0 Å². The van der Waals surface area contributed by atoms with Crippen molar-refractivity contribution in [3.63, 3.8) is 0 Å². The van der Waals surface area contributed by atoms with E-state index in [1.165, 1.54) is 4.90 Å². The van der Waals surface area contributed by atoms with E-state index >= 15 is 0 Å². The molecule has 0 saturated heterocycles. The Morgan fingerprint density at radius 3 is 2.23 bits per heavy atom. The molecule has 0 radical (unpaired) electrons. The minimum absolute atomic E-state index is 0. The molecule has 0 fully saturated rings. The van der Waals surface area contributed by atoms with Crippen molar-refractivity contribution in [2.75, 3.05) is 20.6 Å². The first-order valence-electron chi connectivity index (χ1n) is 7.21. The number of carbonyl (C=O) groups excluding carboxylic acids is 2. The molecule has 0 spiro atoms. The maximum atomic E-state index is 12.2. The molecule has 124 valence electrons. The van der Waals surface area contributed by atoms with Gasteiger partial charge in [-0.15, -0.1) is 12.4 Å². The van der Waals surface area contributed by atoms with Gasteiger partial charge in [0, 0.05) is 37.3 Å². The topological polar surface area (TPSA) is 75.4 Å².